The Kier molecular flexibility index (Phi) is 4.82. The van der Waals surface area contributed by atoms with Crippen molar-refractivity contribution in [2.24, 2.45) is 0 Å². The average Bonchev–Trinajstić information content (AvgIpc) is 3.37. The van der Waals surface area contributed by atoms with Crippen LogP contribution in [-0.4, -0.2) is 32.5 Å². The fraction of sp³-hybridized carbons (Fsp3) is 0.143. The van der Waals surface area contributed by atoms with Crippen molar-refractivity contribution in [2.45, 2.75) is 19.9 Å². The van der Waals surface area contributed by atoms with Crippen LogP contribution in [0.25, 0.3) is 16.9 Å². The number of carbonyl (C=O) groups excluding carboxylic acids is 2. The van der Waals surface area contributed by atoms with Crippen molar-refractivity contribution < 1.29 is 14.0 Å². The number of hydrogen-bond acceptors (Lipinski definition) is 5. The Hall–Kier alpha value is -3.94. The number of urea groups is 1. The molecule has 1 aromatic carbocycles. The lowest BCUT2D eigenvalue weighted by molar-refractivity contribution is 0.101. The van der Waals surface area contributed by atoms with Gasteiger partial charge in [0.2, 0.25) is 5.78 Å². The van der Waals surface area contributed by atoms with Gasteiger partial charge in [0, 0.05) is 23.5 Å². The van der Waals surface area contributed by atoms with Crippen LogP contribution in [0.15, 0.2) is 65.5 Å². The Morgan fingerprint density at radius 1 is 1.14 bits per heavy atom. The van der Waals surface area contributed by atoms with Crippen LogP contribution >= 0.6 is 0 Å². The SMILES string of the molecule is CC(C)NC(=O)Nc1cccc(-c2ccnc3c(C(=O)c4ccco4)cnn23)c1. The zero-order valence-electron chi connectivity index (χ0n) is 15.9. The fourth-order valence-corrected chi connectivity index (χ4v) is 3.00. The zero-order valence-corrected chi connectivity index (χ0v) is 15.9. The maximum absolute atomic E-state index is 12.7. The minimum atomic E-state index is -0.282. The third-order valence-electron chi connectivity index (χ3n) is 4.23. The average molecular weight is 389 g/mol. The maximum atomic E-state index is 12.7. The summed E-state index contributed by atoms with van der Waals surface area (Å²) in [6.45, 7) is 3.78. The number of ketones is 1. The first-order valence-electron chi connectivity index (χ1n) is 9.12. The summed E-state index contributed by atoms with van der Waals surface area (Å²) < 4.78 is 6.80. The van der Waals surface area contributed by atoms with Crippen LogP contribution in [0, 0.1) is 0 Å². The van der Waals surface area contributed by atoms with Crippen LogP contribution in [-0.2, 0) is 0 Å². The van der Waals surface area contributed by atoms with Gasteiger partial charge in [-0.1, -0.05) is 12.1 Å². The largest absolute Gasteiger partial charge is 0.461 e. The van der Waals surface area contributed by atoms with Gasteiger partial charge < -0.3 is 15.1 Å². The van der Waals surface area contributed by atoms with E-state index < -0.39 is 0 Å². The van der Waals surface area contributed by atoms with Crippen molar-refractivity contribution in [2.75, 3.05) is 5.32 Å². The number of hydrogen-bond donors (Lipinski definition) is 2. The Balaban J connectivity index is 1.69. The molecule has 146 valence electrons. The van der Waals surface area contributed by atoms with Crippen molar-refractivity contribution in [3.05, 3.63) is 72.4 Å². The summed E-state index contributed by atoms with van der Waals surface area (Å²) in [6.07, 6.45) is 4.55. The van der Waals surface area contributed by atoms with Crippen LogP contribution in [0.3, 0.4) is 0 Å². The molecule has 0 fully saturated rings. The lowest BCUT2D eigenvalue weighted by Crippen LogP contribution is -2.34. The van der Waals surface area contributed by atoms with Gasteiger partial charge in [0.15, 0.2) is 11.4 Å². The minimum absolute atomic E-state index is 0.0344. The molecule has 0 spiro atoms. The van der Waals surface area contributed by atoms with Gasteiger partial charge in [-0.05, 0) is 44.2 Å². The van der Waals surface area contributed by atoms with Crippen molar-refractivity contribution in [3.63, 3.8) is 0 Å². The van der Waals surface area contributed by atoms with Crippen LogP contribution in [0.4, 0.5) is 10.5 Å². The monoisotopic (exact) mass is 389 g/mol. The number of anilines is 1. The summed E-state index contributed by atoms with van der Waals surface area (Å²) in [5.74, 6) is -0.0510. The number of fused-ring (bicyclic) bond motifs is 1. The molecule has 8 heteroatoms. The van der Waals surface area contributed by atoms with E-state index >= 15 is 0 Å². The number of carbonyl (C=O) groups is 2. The Morgan fingerprint density at radius 2 is 2.00 bits per heavy atom. The summed E-state index contributed by atoms with van der Waals surface area (Å²) >= 11 is 0. The summed E-state index contributed by atoms with van der Waals surface area (Å²) in [5.41, 5.74) is 2.98. The van der Waals surface area contributed by atoms with Crippen LogP contribution in [0.2, 0.25) is 0 Å². The van der Waals surface area contributed by atoms with Gasteiger partial charge in [-0.2, -0.15) is 5.10 Å². The van der Waals surface area contributed by atoms with E-state index in [4.69, 9.17) is 4.42 Å². The molecule has 0 aliphatic carbocycles. The minimum Gasteiger partial charge on any atom is -0.461 e. The number of aromatic nitrogens is 3. The lowest BCUT2D eigenvalue weighted by Gasteiger charge is -2.11. The summed E-state index contributed by atoms with van der Waals surface area (Å²) in [5, 5.41) is 9.94. The van der Waals surface area contributed by atoms with Crippen molar-refractivity contribution in [3.8, 4) is 11.3 Å². The molecule has 4 rings (SSSR count). The van der Waals surface area contributed by atoms with E-state index in [2.05, 4.69) is 20.7 Å². The van der Waals surface area contributed by atoms with E-state index in [-0.39, 0.29) is 23.6 Å². The number of nitrogens with one attached hydrogen (secondary N) is 2. The summed E-state index contributed by atoms with van der Waals surface area (Å²) in [6, 6.07) is 12.2. The second kappa shape index (κ2) is 7.59. The van der Waals surface area contributed by atoms with Crippen LogP contribution in [0.5, 0.6) is 0 Å². The molecule has 29 heavy (non-hydrogen) atoms. The number of furan rings is 1. The smallest absolute Gasteiger partial charge is 0.319 e. The van der Waals surface area contributed by atoms with E-state index in [1.54, 1.807) is 35.0 Å². The normalized spacial score (nSPS) is 11.0. The van der Waals surface area contributed by atoms with Gasteiger partial charge in [-0.15, -0.1) is 0 Å². The molecule has 2 N–H and O–H groups in total. The summed E-state index contributed by atoms with van der Waals surface area (Å²) in [7, 11) is 0. The van der Waals surface area contributed by atoms with E-state index in [0.29, 0.717) is 16.9 Å². The van der Waals surface area contributed by atoms with E-state index in [9.17, 15) is 9.59 Å². The molecule has 4 aromatic rings. The molecule has 0 saturated heterocycles. The molecule has 0 unspecified atom stereocenters. The highest BCUT2D eigenvalue weighted by Gasteiger charge is 2.19. The van der Waals surface area contributed by atoms with E-state index in [1.165, 1.54) is 12.5 Å². The Labute approximate surface area is 166 Å². The first-order chi connectivity index (χ1) is 14.0. The van der Waals surface area contributed by atoms with Crippen molar-refractivity contribution in [1.29, 1.82) is 0 Å². The van der Waals surface area contributed by atoms with Crippen LogP contribution in [0.1, 0.15) is 30.0 Å². The zero-order chi connectivity index (χ0) is 20.4. The number of amides is 2. The lowest BCUT2D eigenvalue weighted by atomic mass is 10.1. The number of benzene rings is 1. The molecule has 2 amide bonds. The highest BCUT2D eigenvalue weighted by atomic mass is 16.3. The third-order valence-corrected chi connectivity index (χ3v) is 4.23. The molecule has 0 aliphatic rings. The van der Waals surface area contributed by atoms with Gasteiger partial charge in [-0.3, -0.25) is 4.79 Å². The molecular formula is C21H19N5O3. The summed E-state index contributed by atoms with van der Waals surface area (Å²) in [4.78, 5) is 28.9. The van der Waals surface area contributed by atoms with Gasteiger partial charge in [0.1, 0.15) is 0 Å². The van der Waals surface area contributed by atoms with Crippen molar-refractivity contribution >= 4 is 23.1 Å². The quantitative estimate of drug-likeness (QED) is 0.506. The molecular weight excluding hydrogens is 370 g/mol. The second-order valence-electron chi connectivity index (χ2n) is 6.76. The molecule has 0 atom stereocenters. The number of rotatable bonds is 5. The second-order valence-corrected chi connectivity index (χ2v) is 6.76. The van der Waals surface area contributed by atoms with Gasteiger partial charge in [0.05, 0.1) is 23.7 Å². The van der Waals surface area contributed by atoms with Crippen molar-refractivity contribution in [1.82, 2.24) is 19.9 Å². The molecule has 0 saturated carbocycles. The van der Waals surface area contributed by atoms with Gasteiger partial charge in [-0.25, -0.2) is 14.3 Å². The van der Waals surface area contributed by atoms with E-state index in [0.717, 1.165) is 11.3 Å². The predicted octanol–water partition coefficient (Wildman–Crippen LogP) is 3.75. The highest BCUT2D eigenvalue weighted by Crippen LogP contribution is 2.24. The highest BCUT2D eigenvalue weighted by molar-refractivity contribution is 6.10. The molecule has 8 nitrogen and oxygen atoms in total. The number of nitrogens with zero attached hydrogens (tertiary/aromatic N) is 3. The molecule has 0 radical (unpaired) electrons. The first kappa shape index (κ1) is 18.4. The molecule has 3 aromatic heterocycles. The molecule has 0 aliphatic heterocycles. The van der Waals surface area contributed by atoms with Gasteiger partial charge >= 0.3 is 6.03 Å². The van der Waals surface area contributed by atoms with Crippen LogP contribution < -0.4 is 10.6 Å². The maximum Gasteiger partial charge on any atom is 0.319 e. The Bertz CT molecular complexity index is 1180. The van der Waals surface area contributed by atoms with Gasteiger partial charge in [0.25, 0.3) is 0 Å². The molecule has 3 heterocycles. The molecule has 0 bridgehead atoms. The third kappa shape index (κ3) is 3.73. The fourth-order valence-electron chi connectivity index (χ4n) is 3.00. The Morgan fingerprint density at radius 3 is 2.76 bits per heavy atom. The standard InChI is InChI=1S/C21H19N5O3/c1-13(2)24-21(28)25-15-6-3-5-14(11-15)17-8-9-22-20-16(12-23-26(17)20)19(27)18-7-4-10-29-18/h3-13H,1-2H3,(H2,24,25,28). The first-order valence-corrected chi connectivity index (χ1v) is 9.12. The predicted molar refractivity (Wildman–Crippen MR) is 108 cm³/mol. The van der Waals surface area contributed by atoms with E-state index in [1.807, 2.05) is 32.0 Å². The topological polar surface area (TPSA) is 102 Å².